The number of aliphatic carboxylic acids is 1. The number of hydrogen-bond donors (Lipinski definition) is 1. The molecule has 1 saturated heterocycles. The molecule has 1 aliphatic carbocycles. The van der Waals surface area contributed by atoms with Crippen LogP contribution in [-0.2, 0) is 14.4 Å². The van der Waals surface area contributed by atoms with Crippen LogP contribution in [-0.4, -0.2) is 58.9 Å². The van der Waals surface area contributed by atoms with Crippen LogP contribution in [0.15, 0.2) is 0 Å². The Hall–Kier alpha value is -1.59. The number of carboxylic acid groups (broad SMARTS) is 1. The standard InChI is InChI=1S/C14H22N2O4/c1-3-11(14(19)20)15(2)13(18)10-6-12(17)16(8-10)7-9-4-5-9/h9-11H,3-8H2,1-2H3,(H,19,20). The highest BCUT2D eigenvalue weighted by atomic mass is 16.4. The molecule has 1 aliphatic heterocycles. The first-order valence-corrected chi connectivity index (χ1v) is 7.21. The maximum absolute atomic E-state index is 12.3. The van der Waals surface area contributed by atoms with Gasteiger partial charge in [0, 0.05) is 26.6 Å². The molecule has 6 heteroatoms. The Kier molecular flexibility index (Phi) is 4.30. The molecule has 2 atom stereocenters. The molecule has 20 heavy (non-hydrogen) atoms. The molecular formula is C14H22N2O4. The largest absolute Gasteiger partial charge is 0.480 e. The molecule has 2 fully saturated rings. The Morgan fingerprint density at radius 3 is 2.60 bits per heavy atom. The lowest BCUT2D eigenvalue weighted by molar-refractivity contribution is -0.150. The number of carbonyl (C=O) groups excluding carboxylic acids is 2. The van der Waals surface area contributed by atoms with E-state index in [4.69, 9.17) is 5.11 Å². The summed E-state index contributed by atoms with van der Waals surface area (Å²) in [5.41, 5.74) is 0. The van der Waals surface area contributed by atoms with E-state index in [-0.39, 0.29) is 24.2 Å². The average Bonchev–Trinajstić information content (AvgIpc) is 3.12. The molecule has 2 rings (SSSR count). The third-order valence-electron chi connectivity index (χ3n) is 4.23. The lowest BCUT2D eigenvalue weighted by Gasteiger charge is -2.26. The second kappa shape index (κ2) is 5.81. The SMILES string of the molecule is CCC(C(=O)O)N(C)C(=O)C1CC(=O)N(CC2CC2)C1. The van der Waals surface area contributed by atoms with Gasteiger partial charge in [-0.2, -0.15) is 0 Å². The van der Waals surface area contributed by atoms with Crippen LogP contribution in [0.2, 0.25) is 0 Å². The van der Waals surface area contributed by atoms with Crippen molar-refractivity contribution in [2.75, 3.05) is 20.1 Å². The summed E-state index contributed by atoms with van der Waals surface area (Å²) in [6.45, 7) is 2.93. The number of nitrogens with zero attached hydrogens (tertiary/aromatic N) is 2. The van der Waals surface area contributed by atoms with Crippen LogP contribution in [0, 0.1) is 11.8 Å². The van der Waals surface area contributed by atoms with Gasteiger partial charge in [-0.05, 0) is 25.2 Å². The van der Waals surface area contributed by atoms with E-state index >= 15 is 0 Å². The van der Waals surface area contributed by atoms with Gasteiger partial charge in [-0.15, -0.1) is 0 Å². The molecule has 2 amide bonds. The van der Waals surface area contributed by atoms with Gasteiger partial charge < -0.3 is 14.9 Å². The van der Waals surface area contributed by atoms with Crippen LogP contribution < -0.4 is 0 Å². The Morgan fingerprint density at radius 2 is 2.10 bits per heavy atom. The van der Waals surface area contributed by atoms with Crippen LogP contribution in [0.1, 0.15) is 32.6 Å². The summed E-state index contributed by atoms with van der Waals surface area (Å²) < 4.78 is 0. The Bertz CT molecular complexity index is 419. The fourth-order valence-electron chi connectivity index (χ4n) is 2.78. The van der Waals surface area contributed by atoms with Crippen molar-refractivity contribution < 1.29 is 19.5 Å². The van der Waals surface area contributed by atoms with Crippen molar-refractivity contribution in [3.63, 3.8) is 0 Å². The van der Waals surface area contributed by atoms with Crippen molar-refractivity contribution in [3.05, 3.63) is 0 Å². The van der Waals surface area contributed by atoms with Gasteiger partial charge in [0.2, 0.25) is 11.8 Å². The van der Waals surface area contributed by atoms with Gasteiger partial charge in [-0.3, -0.25) is 9.59 Å². The molecule has 0 aromatic carbocycles. The zero-order chi connectivity index (χ0) is 14.9. The van der Waals surface area contributed by atoms with Gasteiger partial charge in [0.15, 0.2) is 0 Å². The molecular weight excluding hydrogens is 260 g/mol. The van der Waals surface area contributed by atoms with E-state index in [1.54, 1.807) is 11.8 Å². The van der Waals surface area contributed by atoms with Gasteiger partial charge in [0.1, 0.15) is 6.04 Å². The summed E-state index contributed by atoms with van der Waals surface area (Å²) in [5, 5.41) is 9.10. The monoisotopic (exact) mass is 282 g/mol. The number of amides is 2. The van der Waals surface area contributed by atoms with Crippen LogP contribution in [0.5, 0.6) is 0 Å². The molecule has 6 nitrogen and oxygen atoms in total. The summed E-state index contributed by atoms with van der Waals surface area (Å²) in [6, 6.07) is -0.810. The van der Waals surface area contributed by atoms with Crippen LogP contribution in [0.4, 0.5) is 0 Å². The number of likely N-dealkylation sites (N-methyl/N-ethyl adjacent to an activating group) is 1. The van der Waals surface area contributed by atoms with Gasteiger partial charge >= 0.3 is 5.97 Å². The maximum atomic E-state index is 12.3. The second-order valence-corrected chi connectivity index (χ2v) is 5.85. The minimum absolute atomic E-state index is 0.0204. The van der Waals surface area contributed by atoms with Gasteiger partial charge in [0.25, 0.3) is 0 Å². The summed E-state index contributed by atoms with van der Waals surface area (Å²) >= 11 is 0. The molecule has 0 radical (unpaired) electrons. The summed E-state index contributed by atoms with van der Waals surface area (Å²) in [7, 11) is 1.51. The number of carboxylic acids is 1. The molecule has 1 heterocycles. The van der Waals surface area contributed by atoms with Gasteiger partial charge in [-0.1, -0.05) is 6.92 Å². The highest BCUT2D eigenvalue weighted by Crippen LogP contribution is 2.32. The predicted molar refractivity (Wildman–Crippen MR) is 71.9 cm³/mol. The van der Waals surface area contributed by atoms with E-state index in [0.29, 0.717) is 18.9 Å². The third-order valence-corrected chi connectivity index (χ3v) is 4.23. The highest BCUT2D eigenvalue weighted by molar-refractivity contribution is 5.91. The van der Waals surface area contributed by atoms with Crippen molar-refractivity contribution in [1.82, 2.24) is 9.80 Å². The van der Waals surface area contributed by atoms with Crippen molar-refractivity contribution in [3.8, 4) is 0 Å². The molecule has 1 saturated carbocycles. The molecule has 0 aromatic rings. The van der Waals surface area contributed by atoms with Gasteiger partial charge in [-0.25, -0.2) is 4.79 Å². The highest BCUT2D eigenvalue weighted by Gasteiger charge is 2.39. The minimum atomic E-state index is -0.998. The first-order chi connectivity index (χ1) is 9.43. The molecule has 112 valence electrons. The second-order valence-electron chi connectivity index (χ2n) is 5.85. The number of rotatable bonds is 6. The zero-order valence-electron chi connectivity index (χ0n) is 12.0. The van der Waals surface area contributed by atoms with E-state index in [1.165, 1.54) is 24.8 Å². The normalized spacial score (nSPS) is 23.8. The third kappa shape index (κ3) is 3.11. The maximum Gasteiger partial charge on any atom is 0.326 e. The lowest BCUT2D eigenvalue weighted by atomic mass is 10.1. The van der Waals surface area contributed by atoms with E-state index in [0.717, 1.165) is 6.54 Å². The summed E-state index contributed by atoms with van der Waals surface area (Å²) in [6.07, 6.45) is 2.91. The van der Waals surface area contributed by atoms with E-state index in [9.17, 15) is 14.4 Å². The fourth-order valence-corrected chi connectivity index (χ4v) is 2.78. The number of likely N-dealkylation sites (tertiary alicyclic amines) is 1. The van der Waals surface area contributed by atoms with E-state index < -0.39 is 12.0 Å². The topological polar surface area (TPSA) is 77.9 Å². The quantitative estimate of drug-likeness (QED) is 0.772. The van der Waals surface area contributed by atoms with Crippen molar-refractivity contribution >= 4 is 17.8 Å². The molecule has 2 aliphatic rings. The van der Waals surface area contributed by atoms with Crippen LogP contribution in [0.3, 0.4) is 0 Å². The molecule has 2 unspecified atom stereocenters. The van der Waals surface area contributed by atoms with Crippen molar-refractivity contribution in [1.29, 1.82) is 0 Å². The Balaban J connectivity index is 1.95. The first-order valence-electron chi connectivity index (χ1n) is 7.21. The molecule has 0 aromatic heterocycles. The molecule has 0 bridgehead atoms. The van der Waals surface area contributed by atoms with Crippen molar-refractivity contribution in [2.24, 2.45) is 11.8 Å². The average molecular weight is 282 g/mol. The Labute approximate surface area is 118 Å². The molecule has 0 spiro atoms. The van der Waals surface area contributed by atoms with Gasteiger partial charge in [0.05, 0.1) is 5.92 Å². The minimum Gasteiger partial charge on any atom is -0.480 e. The lowest BCUT2D eigenvalue weighted by Crippen LogP contribution is -2.45. The smallest absolute Gasteiger partial charge is 0.326 e. The van der Waals surface area contributed by atoms with Crippen molar-refractivity contribution in [2.45, 2.75) is 38.6 Å². The fraction of sp³-hybridized carbons (Fsp3) is 0.786. The summed E-state index contributed by atoms with van der Waals surface area (Å²) in [5.74, 6) is -0.993. The zero-order valence-corrected chi connectivity index (χ0v) is 12.0. The summed E-state index contributed by atoms with van der Waals surface area (Å²) in [4.78, 5) is 38.4. The molecule has 1 N–H and O–H groups in total. The number of hydrogen-bond acceptors (Lipinski definition) is 3. The van der Waals surface area contributed by atoms with Crippen LogP contribution >= 0.6 is 0 Å². The Morgan fingerprint density at radius 1 is 1.45 bits per heavy atom. The van der Waals surface area contributed by atoms with Crippen LogP contribution in [0.25, 0.3) is 0 Å². The first kappa shape index (κ1) is 14.8. The van der Waals surface area contributed by atoms with E-state index in [1.807, 2.05) is 0 Å². The number of carbonyl (C=O) groups is 3. The predicted octanol–water partition coefficient (Wildman–Crippen LogP) is 0.566. The van der Waals surface area contributed by atoms with E-state index in [2.05, 4.69) is 0 Å².